The van der Waals surface area contributed by atoms with Crippen LogP contribution >= 0.6 is 35.4 Å². The first-order chi connectivity index (χ1) is 15.9. The van der Waals surface area contributed by atoms with Gasteiger partial charge in [-0.2, -0.15) is 5.10 Å². The van der Waals surface area contributed by atoms with Crippen LogP contribution < -0.4 is 15.4 Å². The Hall–Kier alpha value is -3.06. The maximum absolute atomic E-state index is 6.09. The molecule has 3 aromatic carbocycles. The van der Waals surface area contributed by atoms with Crippen molar-refractivity contribution in [1.29, 1.82) is 0 Å². The molecule has 0 fully saturated rings. The molecule has 0 amide bonds. The lowest BCUT2D eigenvalue weighted by Crippen LogP contribution is -2.20. The summed E-state index contributed by atoms with van der Waals surface area (Å²) in [7, 11) is 0. The van der Waals surface area contributed by atoms with Gasteiger partial charge in [0, 0.05) is 5.69 Å². The third kappa shape index (κ3) is 5.85. The molecule has 0 atom stereocenters. The van der Waals surface area contributed by atoms with Gasteiger partial charge in [0.05, 0.1) is 33.7 Å². The predicted octanol–water partition coefficient (Wildman–Crippen LogP) is 7.46. The van der Waals surface area contributed by atoms with Crippen LogP contribution in [0.5, 0.6) is 11.5 Å². The van der Waals surface area contributed by atoms with E-state index in [9.17, 15) is 0 Å². The van der Waals surface area contributed by atoms with Crippen molar-refractivity contribution in [2.75, 3.05) is 10.6 Å². The molecule has 8 heteroatoms. The van der Waals surface area contributed by atoms with E-state index in [2.05, 4.69) is 16.7 Å². The number of hydrogen-bond donors (Lipinski definition) is 2. The number of ether oxygens (including phenoxy) is 1. The van der Waals surface area contributed by atoms with Crippen LogP contribution in [0.4, 0.5) is 11.4 Å². The molecule has 0 saturated carbocycles. The lowest BCUT2D eigenvalue weighted by molar-refractivity contribution is 0.481. The van der Waals surface area contributed by atoms with Crippen molar-refractivity contribution < 1.29 is 4.74 Å². The zero-order valence-corrected chi connectivity index (χ0v) is 20.4. The minimum absolute atomic E-state index is 0.442. The van der Waals surface area contributed by atoms with E-state index >= 15 is 0 Å². The molecule has 0 aliphatic carbocycles. The number of benzene rings is 3. The van der Waals surface area contributed by atoms with Crippen LogP contribution in [0.15, 0.2) is 72.8 Å². The molecule has 4 rings (SSSR count). The van der Waals surface area contributed by atoms with Gasteiger partial charge in [0.15, 0.2) is 5.11 Å². The summed E-state index contributed by atoms with van der Waals surface area (Å²) >= 11 is 17.5. The molecule has 0 saturated heterocycles. The van der Waals surface area contributed by atoms with E-state index in [1.54, 1.807) is 12.1 Å². The predicted molar refractivity (Wildman–Crippen MR) is 140 cm³/mol. The van der Waals surface area contributed by atoms with Gasteiger partial charge in [-0.15, -0.1) is 0 Å². The molecule has 0 unspecified atom stereocenters. The van der Waals surface area contributed by atoms with Crippen molar-refractivity contribution in [3.05, 3.63) is 99.8 Å². The third-order valence-electron chi connectivity index (χ3n) is 5.01. The molecule has 0 aliphatic heterocycles. The Morgan fingerprint density at radius 2 is 1.67 bits per heavy atom. The molecule has 0 spiro atoms. The maximum Gasteiger partial charge on any atom is 0.175 e. The average Bonchev–Trinajstić information content (AvgIpc) is 3.04. The minimum atomic E-state index is 0.442. The zero-order chi connectivity index (χ0) is 23.4. The van der Waals surface area contributed by atoms with Gasteiger partial charge in [-0.25, -0.2) is 0 Å². The van der Waals surface area contributed by atoms with Crippen molar-refractivity contribution in [2.45, 2.75) is 20.4 Å². The Labute approximate surface area is 208 Å². The monoisotopic (exact) mass is 496 g/mol. The minimum Gasteiger partial charge on any atom is -0.457 e. The highest BCUT2D eigenvalue weighted by Gasteiger charge is 2.14. The lowest BCUT2D eigenvalue weighted by atomic mass is 10.2. The first-order valence-electron chi connectivity index (χ1n) is 10.3. The van der Waals surface area contributed by atoms with E-state index in [1.807, 2.05) is 73.1 Å². The van der Waals surface area contributed by atoms with Gasteiger partial charge in [-0.3, -0.25) is 4.68 Å². The first kappa shape index (κ1) is 23.1. The topological polar surface area (TPSA) is 51.1 Å². The maximum atomic E-state index is 6.09. The van der Waals surface area contributed by atoms with Crippen molar-refractivity contribution in [2.24, 2.45) is 0 Å². The summed E-state index contributed by atoms with van der Waals surface area (Å²) in [6.07, 6.45) is 0. The fourth-order valence-corrected chi connectivity index (χ4v) is 3.90. The van der Waals surface area contributed by atoms with E-state index in [1.165, 1.54) is 0 Å². The van der Waals surface area contributed by atoms with E-state index in [0.29, 0.717) is 21.7 Å². The van der Waals surface area contributed by atoms with Crippen LogP contribution in [-0.2, 0) is 6.54 Å². The van der Waals surface area contributed by atoms with Gasteiger partial charge in [0.2, 0.25) is 0 Å². The van der Waals surface area contributed by atoms with Crippen LogP contribution in [0.1, 0.15) is 17.0 Å². The van der Waals surface area contributed by atoms with Gasteiger partial charge in [-0.1, -0.05) is 53.5 Å². The summed E-state index contributed by atoms with van der Waals surface area (Å²) in [6.45, 7) is 4.56. The SMILES string of the molecule is Cc1nn(Cc2cccc(Oc3ccccc3)c2)c(C)c1NC(=S)Nc1ccc(Cl)c(Cl)c1. The number of aryl methyl sites for hydroxylation is 1. The van der Waals surface area contributed by atoms with E-state index in [-0.39, 0.29) is 0 Å². The summed E-state index contributed by atoms with van der Waals surface area (Å²) in [4.78, 5) is 0. The number of hydrogen-bond acceptors (Lipinski definition) is 3. The fraction of sp³-hybridized carbons (Fsp3) is 0.120. The van der Waals surface area contributed by atoms with E-state index in [4.69, 9.17) is 45.3 Å². The molecule has 4 aromatic rings. The normalized spacial score (nSPS) is 10.7. The summed E-state index contributed by atoms with van der Waals surface area (Å²) in [5, 5.41) is 12.5. The van der Waals surface area contributed by atoms with E-state index in [0.717, 1.165) is 39.8 Å². The first-order valence-corrected chi connectivity index (χ1v) is 11.4. The molecule has 0 radical (unpaired) electrons. The van der Waals surface area contributed by atoms with Gasteiger partial charge in [-0.05, 0) is 74.1 Å². The quantitative estimate of drug-likeness (QED) is 0.271. The molecular formula is C25H22Cl2N4OS. The van der Waals surface area contributed by atoms with Gasteiger partial charge in [0.1, 0.15) is 11.5 Å². The Kier molecular flexibility index (Phi) is 7.18. The molecule has 5 nitrogen and oxygen atoms in total. The Balaban J connectivity index is 1.45. The van der Waals surface area contributed by atoms with Gasteiger partial charge in [0.25, 0.3) is 0 Å². The van der Waals surface area contributed by atoms with Crippen LogP contribution in [0.3, 0.4) is 0 Å². The van der Waals surface area contributed by atoms with Crippen molar-refractivity contribution >= 4 is 51.9 Å². The van der Waals surface area contributed by atoms with Crippen molar-refractivity contribution in [1.82, 2.24) is 9.78 Å². The number of halogens is 2. The second-order valence-electron chi connectivity index (χ2n) is 7.47. The van der Waals surface area contributed by atoms with Crippen LogP contribution in [0.25, 0.3) is 0 Å². The number of nitrogens with zero attached hydrogens (tertiary/aromatic N) is 2. The highest BCUT2D eigenvalue weighted by Crippen LogP contribution is 2.26. The van der Waals surface area contributed by atoms with Gasteiger partial charge >= 0.3 is 0 Å². The second-order valence-corrected chi connectivity index (χ2v) is 8.70. The Bertz CT molecular complexity index is 1290. The van der Waals surface area contributed by atoms with Crippen molar-refractivity contribution in [3.8, 4) is 11.5 Å². The zero-order valence-electron chi connectivity index (χ0n) is 18.1. The van der Waals surface area contributed by atoms with Crippen molar-refractivity contribution in [3.63, 3.8) is 0 Å². The standard InChI is InChI=1S/C25H22Cl2N4OS/c1-16-24(29-25(33)28-19-11-12-22(26)23(27)14-19)17(2)31(30-16)15-18-7-6-10-21(13-18)32-20-8-4-3-5-9-20/h3-14H,15H2,1-2H3,(H2,28,29,33). The van der Waals surface area contributed by atoms with Crippen LogP contribution in [-0.4, -0.2) is 14.9 Å². The number of thiocarbonyl (C=S) groups is 1. The molecule has 0 aliphatic rings. The third-order valence-corrected chi connectivity index (χ3v) is 5.95. The molecular weight excluding hydrogens is 475 g/mol. The fourth-order valence-electron chi connectivity index (χ4n) is 3.39. The summed E-state index contributed by atoms with van der Waals surface area (Å²) in [5.74, 6) is 1.58. The van der Waals surface area contributed by atoms with E-state index < -0.39 is 0 Å². The number of anilines is 2. The molecule has 1 aromatic heterocycles. The summed E-state index contributed by atoms with van der Waals surface area (Å²) < 4.78 is 7.90. The average molecular weight is 497 g/mol. The smallest absolute Gasteiger partial charge is 0.175 e. The number of aromatic nitrogens is 2. The van der Waals surface area contributed by atoms with Crippen LogP contribution in [0.2, 0.25) is 10.0 Å². The molecule has 2 N–H and O–H groups in total. The Morgan fingerprint density at radius 1 is 0.909 bits per heavy atom. The highest BCUT2D eigenvalue weighted by molar-refractivity contribution is 7.80. The highest BCUT2D eigenvalue weighted by atomic mass is 35.5. The molecule has 1 heterocycles. The molecule has 33 heavy (non-hydrogen) atoms. The van der Waals surface area contributed by atoms with Crippen LogP contribution in [0, 0.1) is 13.8 Å². The molecule has 0 bridgehead atoms. The number of para-hydroxylation sites is 1. The largest absolute Gasteiger partial charge is 0.457 e. The second kappa shape index (κ2) is 10.3. The molecule has 168 valence electrons. The lowest BCUT2D eigenvalue weighted by Gasteiger charge is -2.12. The van der Waals surface area contributed by atoms with Gasteiger partial charge < -0.3 is 15.4 Å². The number of nitrogens with one attached hydrogen (secondary N) is 2. The summed E-state index contributed by atoms with van der Waals surface area (Å²) in [5.41, 5.74) is 4.52. The number of rotatable bonds is 6. The Morgan fingerprint density at radius 3 is 2.42 bits per heavy atom. The summed E-state index contributed by atoms with van der Waals surface area (Å²) in [6, 6.07) is 23.0.